The Balaban J connectivity index is 1.66. The molecule has 0 spiro atoms. The molecule has 2 aliphatic rings. The van der Waals surface area contributed by atoms with E-state index in [4.69, 9.17) is 16.3 Å². The molecular formula is C25H31F3N6O. The summed E-state index contributed by atoms with van der Waals surface area (Å²) in [5, 5.41) is 0. The van der Waals surface area contributed by atoms with E-state index >= 15 is 0 Å². The number of para-hydroxylation sites is 1. The van der Waals surface area contributed by atoms with Gasteiger partial charge in [-0.2, -0.15) is 23.1 Å². The fraction of sp³-hybridized carbons (Fsp3) is 0.560. The Morgan fingerprint density at radius 2 is 1.97 bits per heavy atom. The van der Waals surface area contributed by atoms with Crippen LogP contribution in [0.5, 0.6) is 6.01 Å². The van der Waals surface area contributed by atoms with Gasteiger partial charge in [0.2, 0.25) is 6.54 Å². The Morgan fingerprint density at radius 1 is 1.17 bits per heavy atom. The molecule has 35 heavy (non-hydrogen) atoms. The molecule has 0 saturated carbocycles. The second kappa shape index (κ2) is 10.7. The predicted molar refractivity (Wildman–Crippen MR) is 129 cm³/mol. The number of ether oxygens (including phenoxy) is 1. The van der Waals surface area contributed by atoms with Gasteiger partial charge in [0.15, 0.2) is 0 Å². The number of nitrogens with zero attached hydrogens (tertiary/aromatic N) is 6. The zero-order chi connectivity index (χ0) is 25.0. The average molecular weight is 489 g/mol. The molecule has 0 bridgehead atoms. The molecular weight excluding hydrogens is 457 g/mol. The zero-order valence-electron chi connectivity index (χ0n) is 20.2. The lowest BCUT2D eigenvalue weighted by Crippen LogP contribution is -2.40. The van der Waals surface area contributed by atoms with Gasteiger partial charge in [0.25, 0.3) is 0 Å². The van der Waals surface area contributed by atoms with Crippen molar-refractivity contribution in [3.05, 3.63) is 52.5 Å². The van der Waals surface area contributed by atoms with Gasteiger partial charge in [-0.3, -0.25) is 0 Å². The number of hydrogen-bond donors (Lipinski definition) is 0. The number of alkyl halides is 3. The molecule has 0 amide bonds. The lowest BCUT2D eigenvalue weighted by molar-refractivity contribution is -0.137. The minimum atomic E-state index is -4.43. The number of rotatable bonds is 7. The highest BCUT2D eigenvalue weighted by atomic mass is 19.4. The van der Waals surface area contributed by atoms with Crippen LogP contribution in [0.15, 0.2) is 24.3 Å². The molecule has 3 heterocycles. The van der Waals surface area contributed by atoms with Crippen LogP contribution in [0, 0.1) is 12.5 Å². The number of aromatic nitrogens is 2. The Labute approximate surface area is 204 Å². The molecule has 1 fully saturated rings. The monoisotopic (exact) mass is 488 g/mol. The van der Waals surface area contributed by atoms with Gasteiger partial charge in [-0.05, 0) is 45.5 Å². The molecule has 1 saturated heterocycles. The van der Waals surface area contributed by atoms with Crippen molar-refractivity contribution in [1.29, 1.82) is 0 Å². The van der Waals surface area contributed by atoms with Crippen molar-refractivity contribution in [3.8, 4) is 6.01 Å². The van der Waals surface area contributed by atoms with E-state index in [1.54, 1.807) is 11.0 Å². The van der Waals surface area contributed by atoms with Gasteiger partial charge < -0.3 is 24.3 Å². The van der Waals surface area contributed by atoms with E-state index in [-0.39, 0.29) is 24.2 Å². The average Bonchev–Trinajstić information content (AvgIpc) is 2.83. The summed E-state index contributed by atoms with van der Waals surface area (Å²) in [5.74, 6) is 1.08. The van der Waals surface area contributed by atoms with E-state index in [9.17, 15) is 13.2 Å². The molecule has 1 aromatic carbocycles. The summed E-state index contributed by atoms with van der Waals surface area (Å²) in [7, 11) is 3.90. The topological polar surface area (TPSA) is 49.1 Å². The van der Waals surface area contributed by atoms with Crippen LogP contribution in [0.2, 0.25) is 0 Å². The highest BCUT2D eigenvalue weighted by molar-refractivity contribution is 5.59. The van der Waals surface area contributed by atoms with E-state index in [1.165, 1.54) is 12.1 Å². The second-order valence-corrected chi connectivity index (χ2v) is 9.39. The van der Waals surface area contributed by atoms with Crippen molar-refractivity contribution < 1.29 is 17.9 Å². The van der Waals surface area contributed by atoms with Crippen molar-refractivity contribution in [2.75, 3.05) is 63.2 Å². The normalized spacial score (nSPS) is 18.4. The van der Waals surface area contributed by atoms with Crippen LogP contribution in [0.3, 0.4) is 0 Å². The van der Waals surface area contributed by atoms with Gasteiger partial charge in [0.05, 0.1) is 17.8 Å². The molecule has 2 aromatic rings. The quantitative estimate of drug-likeness (QED) is 0.547. The van der Waals surface area contributed by atoms with Crippen molar-refractivity contribution in [3.63, 3.8) is 0 Å². The molecule has 2 aliphatic heterocycles. The van der Waals surface area contributed by atoms with Crippen LogP contribution >= 0.6 is 0 Å². The van der Waals surface area contributed by atoms with Crippen LogP contribution in [-0.2, 0) is 19.1 Å². The SMILES string of the molecule is [C-]#[N+]CC1CCCN(c2nc(OCCN(C)C)nc3c2CCN(c2ccccc2C(F)(F)F)C3)C1. The fourth-order valence-electron chi connectivity index (χ4n) is 4.76. The molecule has 10 heteroatoms. The predicted octanol–water partition coefficient (Wildman–Crippen LogP) is 4.13. The lowest BCUT2D eigenvalue weighted by Gasteiger charge is -2.36. The van der Waals surface area contributed by atoms with E-state index in [1.807, 2.05) is 19.0 Å². The minimum absolute atomic E-state index is 0.163. The summed E-state index contributed by atoms with van der Waals surface area (Å²) < 4.78 is 46.9. The molecule has 1 atom stereocenters. The number of anilines is 2. The van der Waals surface area contributed by atoms with Crippen molar-refractivity contribution >= 4 is 11.5 Å². The molecule has 1 unspecified atom stereocenters. The maximum absolute atomic E-state index is 13.7. The number of piperidine rings is 1. The number of halogens is 3. The van der Waals surface area contributed by atoms with Gasteiger partial charge in [0.1, 0.15) is 12.4 Å². The van der Waals surface area contributed by atoms with Gasteiger partial charge >= 0.3 is 12.2 Å². The molecule has 188 valence electrons. The van der Waals surface area contributed by atoms with Crippen LogP contribution in [-0.4, -0.2) is 68.3 Å². The fourth-order valence-corrected chi connectivity index (χ4v) is 4.76. The number of likely N-dealkylation sites (N-methyl/N-ethyl adjacent to an activating group) is 1. The molecule has 0 aliphatic carbocycles. The summed E-state index contributed by atoms with van der Waals surface area (Å²) in [4.78, 5) is 18.9. The highest BCUT2D eigenvalue weighted by Gasteiger charge is 2.36. The Bertz CT molecular complexity index is 1070. The first-order valence-corrected chi connectivity index (χ1v) is 11.9. The highest BCUT2D eigenvalue weighted by Crippen LogP contribution is 2.39. The Kier molecular flexibility index (Phi) is 7.65. The van der Waals surface area contributed by atoms with Gasteiger partial charge in [-0.1, -0.05) is 12.1 Å². The molecule has 0 radical (unpaired) electrons. The summed E-state index contributed by atoms with van der Waals surface area (Å²) in [6.45, 7) is 11.1. The van der Waals surface area contributed by atoms with Crippen molar-refractivity contribution in [2.24, 2.45) is 5.92 Å². The maximum atomic E-state index is 13.7. The minimum Gasteiger partial charge on any atom is -0.462 e. The summed E-state index contributed by atoms with van der Waals surface area (Å²) in [6.07, 6.45) is -1.90. The largest absolute Gasteiger partial charge is 0.462 e. The maximum Gasteiger partial charge on any atom is 0.418 e. The summed E-state index contributed by atoms with van der Waals surface area (Å²) in [5.41, 5.74) is 1.19. The first-order valence-electron chi connectivity index (χ1n) is 11.9. The zero-order valence-corrected chi connectivity index (χ0v) is 20.2. The van der Waals surface area contributed by atoms with Crippen molar-refractivity contribution in [1.82, 2.24) is 14.9 Å². The van der Waals surface area contributed by atoms with Crippen LogP contribution < -0.4 is 14.5 Å². The summed E-state index contributed by atoms with van der Waals surface area (Å²) in [6, 6.07) is 5.93. The Hall–Kier alpha value is -3.06. The molecule has 4 rings (SSSR count). The van der Waals surface area contributed by atoms with Gasteiger partial charge in [-0.15, -0.1) is 0 Å². The number of benzene rings is 1. The van der Waals surface area contributed by atoms with Crippen LogP contribution in [0.4, 0.5) is 24.7 Å². The second-order valence-electron chi connectivity index (χ2n) is 9.39. The smallest absolute Gasteiger partial charge is 0.418 e. The van der Waals surface area contributed by atoms with E-state index in [0.29, 0.717) is 38.4 Å². The number of fused-ring (bicyclic) bond motifs is 1. The van der Waals surface area contributed by atoms with Crippen LogP contribution in [0.25, 0.3) is 4.85 Å². The number of hydrogen-bond acceptors (Lipinski definition) is 6. The standard InChI is InChI=1S/C25H31F3N6O/c1-29-15-18-7-6-11-34(16-18)23-19-10-12-33(22-9-5-4-8-20(22)25(26,27)28)17-21(19)30-24(31-23)35-14-13-32(2)3/h4-5,8-9,18H,6-7,10-17H2,2-3H3. The molecule has 0 N–H and O–H groups in total. The molecule has 7 nitrogen and oxygen atoms in total. The third kappa shape index (κ3) is 5.96. The van der Waals surface area contributed by atoms with E-state index < -0.39 is 11.7 Å². The van der Waals surface area contributed by atoms with Gasteiger partial charge in [0, 0.05) is 43.3 Å². The molecule has 1 aromatic heterocycles. The lowest BCUT2D eigenvalue weighted by atomic mass is 9.96. The first-order chi connectivity index (χ1) is 16.8. The van der Waals surface area contributed by atoms with E-state index in [0.717, 1.165) is 43.4 Å². The third-order valence-corrected chi connectivity index (χ3v) is 6.51. The first kappa shape index (κ1) is 25.0. The van der Waals surface area contributed by atoms with Gasteiger partial charge in [-0.25, -0.2) is 6.57 Å². The van der Waals surface area contributed by atoms with Crippen molar-refractivity contribution in [2.45, 2.75) is 32.0 Å². The third-order valence-electron chi connectivity index (χ3n) is 6.51. The Morgan fingerprint density at radius 3 is 2.71 bits per heavy atom. The van der Waals surface area contributed by atoms with Crippen LogP contribution in [0.1, 0.15) is 29.7 Å². The van der Waals surface area contributed by atoms with E-state index in [2.05, 4.69) is 14.7 Å². The summed E-state index contributed by atoms with van der Waals surface area (Å²) >= 11 is 0.